The van der Waals surface area contributed by atoms with E-state index in [0.29, 0.717) is 31.6 Å². The first-order valence-corrected chi connectivity index (χ1v) is 6.49. The molecule has 0 N–H and O–H groups in total. The van der Waals surface area contributed by atoms with Gasteiger partial charge in [0.05, 0.1) is 0 Å². The predicted octanol–water partition coefficient (Wildman–Crippen LogP) is 1.27. The first kappa shape index (κ1) is 12.1. The minimum Gasteiger partial charge on any atom is -0.336 e. The van der Waals surface area contributed by atoms with E-state index in [1.54, 1.807) is 4.90 Å². The van der Waals surface area contributed by atoms with Crippen molar-refractivity contribution in [2.24, 2.45) is 0 Å². The maximum atomic E-state index is 12.8. The maximum Gasteiger partial charge on any atom is 0.253 e. The standard InChI is InChI=1S/C14H15FN2O2/c15-11-3-1-10(2-4-11)14(19)16-7-8-17-12(9-16)5-6-13(17)18/h1-4,12H,5-9H2/t12-/m1/s1. The van der Waals surface area contributed by atoms with Crippen molar-refractivity contribution in [1.29, 1.82) is 0 Å². The zero-order valence-corrected chi connectivity index (χ0v) is 10.5. The van der Waals surface area contributed by atoms with Crippen LogP contribution in [0.2, 0.25) is 0 Å². The fraction of sp³-hybridized carbons (Fsp3) is 0.429. The zero-order chi connectivity index (χ0) is 13.4. The number of carbonyl (C=O) groups is 2. The number of hydrogen-bond acceptors (Lipinski definition) is 2. The lowest BCUT2D eigenvalue weighted by Crippen LogP contribution is -2.53. The number of fused-ring (bicyclic) bond motifs is 1. The van der Waals surface area contributed by atoms with E-state index in [1.807, 2.05) is 4.90 Å². The van der Waals surface area contributed by atoms with Crippen molar-refractivity contribution in [3.63, 3.8) is 0 Å². The summed E-state index contributed by atoms with van der Waals surface area (Å²) in [7, 11) is 0. The molecular formula is C14H15FN2O2. The molecule has 4 nitrogen and oxygen atoms in total. The van der Waals surface area contributed by atoms with Crippen molar-refractivity contribution in [3.8, 4) is 0 Å². The molecule has 2 heterocycles. The smallest absolute Gasteiger partial charge is 0.253 e. The molecule has 1 aromatic rings. The second-order valence-corrected chi connectivity index (χ2v) is 5.04. The molecule has 100 valence electrons. The Morgan fingerprint density at radius 2 is 1.95 bits per heavy atom. The topological polar surface area (TPSA) is 40.6 Å². The normalized spacial score (nSPS) is 22.6. The summed E-state index contributed by atoms with van der Waals surface area (Å²) in [6, 6.07) is 5.75. The van der Waals surface area contributed by atoms with Gasteiger partial charge in [-0.2, -0.15) is 0 Å². The molecule has 2 saturated heterocycles. The van der Waals surface area contributed by atoms with Gasteiger partial charge in [-0.05, 0) is 30.7 Å². The fourth-order valence-corrected chi connectivity index (χ4v) is 2.82. The lowest BCUT2D eigenvalue weighted by Gasteiger charge is -2.37. The van der Waals surface area contributed by atoms with Crippen molar-refractivity contribution in [1.82, 2.24) is 9.80 Å². The second kappa shape index (κ2) is 4.64. The van der Waals surface area contributed by atoms with E-state index < -0.39 is 0 Å². The van der Waals surface area contributed by atoms with Crippen LogP contribution in [-0.4, -0.2) is 47.3 Å². The number of nitrogens with zero attached hydrogens (tertiary/aromatic N) is 2. The fourth-order valence-electron chi connectivity index (χ4n) is 2.82. The molecule has 0 saturated carbocycles. The number of halogens is 1. The molecule has 0 aromatic heterocycles. The SMILES string of the molecule is O=C(c1ccc(F)cc1)N1CCN2C(=O)CC[C@@H]2C1. The summed E-state index contributed by atoms with van der Waals surface area (Å²) in [6.45, 7) is 1.75. The molecule has 1 atom stereocenters. The molecule has 2 fully saturated rings. The number of carbonyl (C=O) groups excluding carboxylic acids is 2. The zero-order valence-electron chi connectivity index (χ0n) is 10.5. The van der Waals surface area contributed by atoms with Crippen LogP contribution < -0.4 is 0 Å². The van der Waals surface area contributed by atoms with Crippen molar-refractivity contribution in [3.05, 3.63) is 35.6 Å². The van der Waals surface area contributed by atoms with Crippen LogP contribution in [-0.2, 0) is 4.79 Å². The first-order valence-electron chi connectivity index (χ1n) is 6.49. The van der Waals surface area contributed by atoms with Gasteiger partial charge in [-0.1, -0.05) is 0 Å². The van der Waals surface area contributed by atoms with E-state index in [4.69, 9.17) is 0 Å². The van der Waals surface area contributed by atoms with Gasteiger partial charge in [-0.3, -0.25) is 9.59 Å². The summed E-state index contributed by atoms with van der Waals surface area (Å²) in [6.07, 6.45) is 1.41. The summed E-state index contributed by atoms with van der Waals surface area (Å²) in [5, 5.41) is 0. The number of hydrogen-bond donors (Lipinski definition) is 0. The third-order valence-electron chi connectivity index (χ3n) is 3.87. The Labute approximate surface area is 110 Å². The highest BCUT2D eigenvalue weighted by Crippen LogP contribution is 2.23. The van der Waals surface area contributed by atoms with E-state index in [-0.39, 0.29) is 23.7 Å². The predicted molar refractivity (Wildman–Crippen MR) is 67.0 cm³/mol. The van der Waals surface area contributed by atoms with Gasteiger partial charge in [-0.25, -0.2) is 4.39 Å². The average molecular weight is 262 g/mol. The second-order valence-electron chi connectivity index (χ2n) is 5.04. The van der Waals surface area contributed by atoms with E-state index in [1.165, 1.54) is 24.3 Å². The molecule has 3 rings (SSSR count). The van der Waals surface area contributed by atoms with Crippen molar-refractivity contribution in [2.45, 2.75) is 18.9 Å². The van der Waals surface area contributed by atoms with Gasteiger partial charge in [0.2, 0.25) is 5.91 Å². The van der Waals surface area contributed by atoms with E-state index >= 15 is 0 Å². The molecule has 0 radical (unpaired) electrons. The number of benzene rings is 1. The Bertz CT molecular complexity index is 515. The summed E-state index contributed by atoms with van der Waals surface area (Å²) in [5.41, 5.74) is 0.499. The highest BCUT2D eigenvalue weighted by Gasteiger charge is 2.36. The monoisotopic (exact) mass is 262 g/mol. The Morgan fingerprint density at radius 3 is 2.68 bits per heavy atom. The Hall–Kier alpha value is -1.91. The molecule has 19 heavy (non-hydrogen) atoms. The summed E-state index contributed by atoms with van der Waals surface area (Å²) in [5.74, 6) is -0.236. The van der Waals surface area contributed by atoms with Crippen LogP contribution in [0.15, 0.2) is 24.3 Å². The molecular weight excluding hydrogens is 247 g/mol. The van der Waals surface area contributed by atoms with Gasteiger partial charge in [-0.15, -0.1) is 0 Å². The highest BCUT2D eigenvalue weighted by atomic mass is 19.1. The molecule has 2 aliphatic heterocycles. The molecule has 2 aliphatic rings. The molecule has 2 amide bonds. The van der Waals surface area contributed by atoms with Gasteiger partial charge in [0.1, 0.15) is 5.82 Å². The van der Waals surface area contributed by atoms with Crippen LogP contribution in [0.3, 0.4) is 0 Å². The minimum atomic E-state index is -0.345. The quantitative estimate of drug-likeness (QED) is 0.764. The van der Waals surface area contributed by atoms with E-state index in [9.17, 15) is 14.0 Å². The van der Waals surface area contributed by atoms with Crippen LogP contribution in [0.5, 0.6) is 0 Å². The van der Waals surface area contributed by atoms with Crippen molar-refractivity contribution in [2.75, 3.05) is 19.6 Å². The molecule has 0 aliphatic carbocycles. The van der Waals surface area contributed by atoms with Gasteiger partial charge in [0.15, 0.2) is 0 Å². The molecule has 1 aromatic carbocycles. The highest BCUT2D eigenvalue weighted by molar-refractivity contribution is 5.94. The maximum absolute atomic E-state index is 12.8. The Morgan fingerprint density at radius 1 is 1.21 bits per heavy atom. The van der Waals surface area contributed by atoms with Crippen LogP contribution in [0, 0.1) is 5.82 Å². The van der Waals surface area contributed by atoms with Crippen LogP contribution in [0.25, 0.3) is 0 Å². The van der Waals surface area contributed by atoms with Gasteiger partial charge in [0.25, 0.3) is 5.91 Å². The van der Waals surface area contributed by atoms with Gasteiger partial charge < -0.3 is 9.80 Å². The van der Waals surface area contributed by atoms with Gasteiger partial charge in [0, 0.05) is 37.7 Å². The summed E-state index contributed by atoms with van der Waals surface area (Å²) < 4.78 is 12.8. The van der Waals surface area contributed by atoms with Gasteiger partial charge >= 0.3 is 0 Å². The van der Waals surface area contributed by atoms with Crippen LogP contribution in [0.1, 0.15) is 23.2 Å². The minimum absolute atomic E-state index is 0.0843. The van der Waals surface area contributed by atoms with E-state index in [0.717, 1.165) is 6.42 Å². The molecule has 0 spiro atoms. The van der Waals surface area contributed by atoms with Crippen molar-refractivity contribution >= 4 is 11.8 Å². The largest absolute Gasteiger partial charge is 0.336 e. The lowest BCUT2D eigenvalue weighted by atomic mass is 10.1. The number of piperazine rings is 1. The average Bonchev–Trinajstić information content (AvgIpc) is 2.80. The first-order chi connectivity index (χ1) is 9.15. The summed E-state index contributed by atoms with van der Waals surface area (Å²) >= 11 is 0. The number of rotatable bonds is 1. The summed E-state index contributed by atoms with van der Waals surface area (Å²) in [4.78, 5) is 27.5. The van der Waals surface area contributed by atoms with Crippen molar-refractivity contribution < 1.29 is 14.0 Å². The molecule has 5 heteroatoms. The molecule has 0 bridgehead atoms. The number of amides is 2. The Kier molecular flexibility index (Phi) is 2.97. The van der Waals surface area contributed by atoms with Crippen LogP contribution in [0.4, 0.5) is 4.39 Å². The van der Waals surface area contributed by atoms with E-state index in [2.05, 4.69) is 0 Å². The third-order valence-corrected chi connectivity index (χ3v) is 3.87. The lowest BCUT2D eigenvalue weighted by molar-refractivity contribution is -0.130. The van der Waals surface area contributed by atoms with Crippen LogP contribution >= 0.6 is 0 Å². The third kappa shape index (κ3) is 2.20. The molecule has 0 unspecified atom stereocenters. The Balaban J connectivity index is 1.72.